The Balaban J connectivity index is 0.753. The predicted octanol–water partition coefficient (Wildman–Crippen LogP) is 26.4. The van der Waals surface area contributed by atoms with Gasteiger partial charge in [0.05, 0.1) is 11.0 Å². The summed E-state index contributed by atoms with van der Waals surface area (Å²) in [7, 11) is 2.20. The summed E-state index contributed by atoms with van der Waals surface area (Å²) in [4.78, 5) is 33.1. The fourth-order valence-corrected chi connectivity index (χ4v) is 15.4. The van der Waals surface area contributed by atoms with Gasteiger partial charge in [-0.05, 0) is 185 Å². The smallest absolute Gasteiger partial charge is 0.164 e. The monoisotopic (exact) mass is 1400 g/mol. The van der Waals surface area contributed by atoms with Crippen molar-refractivity contribution in [3.05, 3.63) is 400 Å². The highest BCUT2D eigenvalue weighted by atomic mass is 15.0. The van der Waals surface area contributed by atoms with Crippen molar-refractivity contribution in [2.75, 3.05) is 0 Å². The van der Waals surface area contributed by atoms with Crippen molar-refractivity contribution in [3.8, 4) is 180 Å². The molecule has 0 atom stereocenters. The maximum atomic E-state index is 5.51. The van der Waals surface area contributed by atoms with E-state index in [2.05, 4.69) is 412 Å². The molecule has 19 rings (SSSR count). The maximum Gasteiger partial charge on any atom is 0.164 e. The Morgan fingerprint density at radius 2 is 0.309 bits per heavy atom. The van der Waals surface area contributed by atoms with Gasteiger partial charge in [-0.2, -0.15) is 0 Å². The number of hydrogen-bond donors (Lipinski definition) is 0. The van der Waals surface area contributed by atoms with Crippen LogP contribution in [0.1, 0.15) is 0 Å². The summed E-state index contributed by atoms with van der Waals surface area (Å²) in [5.41, 5.74) is 28.9. The molecule has 7 nitrogen and oxygen atoms in total. The van der Waals surface area contributed by atoms with Crippen LogP contribution >= 0.6 is 0 Å². The lowest BCUT2D eigenvalue weighted by molar-refractivity contribution is 1.02. The Labute approximate surface area is 639 Å². The second-order valence-corrected chi connectivity index (χ2v) is 27.9. The zero-order valence-electron chi connectivity index (χ0n) is 60.2. The van der Waals surface area contributed by atoms with Gasteiger partial charge in [-0.25, -0.2) is 29.9 Å². The molecule has 0 N–H and O–H groups in total. The number of aryl methyl sites for hydroxylation is 1. The summed E-state index contributed by atoms with van der Waals surface area (Å²) in [5.74, 6) is 3.39. The molecular formula is C103H69N7. The van der Waals surface area contributed by atoms with E-state index >= 15 is 0 Å². The van der Waals surface area contributed by atoms with Crippen LogP contribution in [0.4, 0.5) is 0 Å². The Morgan fingerprint density at radius 1 is 0.145 bits per heavy atom. The summed E-state index contributed by atoms with van der Waals surface area (Å²) < 4.78 is 2.37. The Morgan fingerprint density at radius 3 is 0.527 bits per heavy atom. The highest BCUT2D eigenvalue weighted by Crippen LogP contribution is 2.44. The van der Waals surface area contributed by atoms with Crippen molar-refractivity contribution in [2.24, 2.45) is 7.05 Å². The molecule has 7 heteroatoms. The average molecular weight is 1400 g/mol. The van der Waals surface area contributed by atoms with Crippen molar-refractivity contribution in [2.45, 2.75) is 0 Å². The van der Waals surface area contributed by atoms with Gasteiger partial charge in [0.2, 0.25) is 0 Å². The van der Waals surface area contributed by atoms with E-state index in [1.165, 1.54) is 0 Å². The van der Waals surface area contributed by atoms with E-state index in [9.17, 15) is 0 Å². The zero-order valence-corrected chi connectivity index (χ0v) is 60.2. The first-order chi connectivity index (χ1) is 54.4. The third-order valence-electron chi connectivity index (χ3n) is 20.8. The second kappa shape index (κ2) is 29.0. The second-order valence-electron chi connectivity index (χ2n) is 27.9. The summed E-state index contributed by atoms with van der Waals surface area (Å²) in [5, 5.41) is 2.28. The van der Waals surface area contributed by atoms with Gasteiger partial charge in [0.15, 0.2) is 34.9 Å². The van der Waals surface area contributed by atoms with Gasteiger partial charge in [0.1, 0.15) is 0 Å². The normalized spacial score (nSPS) is 11.3. The standard InChI is InChI=1S/C103H69N7/c1-110-96-92(76-46-26-48-78(54-76)98-104-100(88-60-80(68-30-10-2-11-31-68)56-81(61-88)69-32-12-3-13-33-69)108-101(105-98)89-62-82(70-34-14-4-15-35-70)57-83(63-89)71-36-16-5-17-37-71)50-28-52-94(96)95-53-29-51-93(97(95)110)77-47-27-49-79(55-77)99-106-102(90-64-84(72-38-18-6-19-39-72)58-85(65-90)73-40-20-7-21-41-73)109-103(107-99)91-66-86(74-42-22-8-23-43-74)59-87(67-91)75-44-24-9-25-45-75/h2-67H,1H3. The van der Waals surface area contributed by atoms with E-state index in [-0.39, 0.29) is 0 Å². The fourth-order valence-electron chi connectivity index (χ4n) is 15.4. The lowest BCUT2D eigenvalue weighted by atomic mass is 9.95. The van der Waals surface area contributed by atoms with Gasteiger partial charge < -0.3 is 4.57 Å². The van der Waals surface area contributed by atoms with Gasteiger partial charge in [-0.3, -0.25) is 0 Å². The number of rotatable bonds is 16. The first-order valence-corrected chi connectivity index (χ1v) is 37.2. The molecule has 3 heterocycles. The minimum atomic E-state index is 0.559. The number of aromatic nitrogens is 7. The fraction of sp³-hybridized carbons (Fsp3) is 0.00971. The van der Waals surface area contributed by atoms with Gasteiger partial charge in [-0.1, -0.05) is 315 Å². The number of hydrogen-bond acceptors (Lipinski definition) is 6. The molecule has 0 spiro atoms. The molecule has 110 heavy (non-hydrogen) atoms. The lowest BCUT2D eigenvalue weighted by Crippen LogP contribution is -2.01. The number of para-hydroxylation sites is 2. The molecule has 0 unspecified atom stereocenters. The van der Waals surface area contributed by atoms with Crippen LogP contribution in [-0.4, -0.2) is 34.5 Å². The number of fused-ring (bicyclic) bond motifs is 3. The first-order valence-electron chi connectivity index (χ1n) is 37.2. The Hall–Kier alpha value is -14.7. The van der Waals surface area contributed by atoms with Crippen molar-refractivity contribution in [1.29, 1.82) is 0 Å². The van der Waals surface area contributed by atoms with Gasteiger partial charge in [-0.15, -0.1) is 0 Å². The van der Waals surface area contributed by atoms with Gasteiger partial charge in [0.25, 0.3) is 0 Å². The molecule has 0 saturated heterocycles. The molecular weight excluding hydrogens is 1340 g/mol. The molecule has 0 saturated carbocycles. The lowest BCUT2D eigenvalue weighted by Gasteiger charge is -2.14. The van der Waals surface area contributed by atoms with Crippen molar-refractivity contribution >= 4 is 21.8 Å². The third-order valence-corrected chi connectivity index (χ3v) is 20.8. The molecule has 19 aromatic rings. The van der Waals surface area contributed by atoms with E-state index in [4.69, 9.17) is 29.9 Å². The molecule has 0 aliphatic carbocycles. The summed E-state index contributed by atoms with van der Waals surface area (Å²) in [6, 6.07) is 142. The predicted molar refractivity (Wildman–Crippen MR) is 454 cm³/mol. The Bertz CT molecular complexity index is 5690. The van der Waals surface area contributed by atoms with Crippen LogP contribution in [0.5, 0.6) is 0 Å². The van der Waals surface area contributed by atoms with E-state index in [0.717, 1.165) is 166 Å². The molecule has 0 amide bonds. The molecule has 0 bridgehead atoms. The van der Waals surface area contributed by atoms with Crippen LogP contribution in [0.15, 0.2) is 400 Å². The summed E-state index contributed by atoms with van der Waals surface area (Å²) in [6.45, 7) is 0. The summed E-state index contributed by atoms with van der Waals surface area (Å²) >= 11 is 0. The van der Waals surface area contributed by atoms with E-state index in [1.54, 1.807) is 0 Å². The van der Waals surface area contributed by atoms with E-state index in [0.29, 0.717) is 34.9 Å². The quantitative estimate of drug-likeness (QED) is 0.0959. The summed E-state index contributed by atoms with van der Waals surface area (Å²) in [6.07, 6.45) is 0. The largest absolute Gasteiger partial charge is 0.343 e. The van der Waals surface area contributed by atoms with Crippen LogP contribution in [0, 0.1) is 0 Å². The van der Waals surface area contributed by atoms with Crippen molar-refractivity contribution < 1.29 is 0 Å². The van der Waals surface area contributed by atoms with Crippen LogP contribution in [0.2, 0.25) is 0 Å². The molecule has 0 radical (unpaired) electrons. The van der Waals surface area contributed by atoms with Crippen LogP contribution in [-0.2, 0) is 7.05 Å². The van der Waals surface area contributed by atoms with Crippen molar-refractivity contribution in [1.82, 2.24) is 34.5 Å². The molecule has 516 valence electrons. The highest BCUT2D eigenvalue weighted by Gasteiger charge is 2.23. The maximum absolute atomic E-state index is 5.51. The highest BCUT2D eigenvalue weighted by molar-refractivity contribution is 6.16. The number of nitrogens with zero attached hydrogens (tertiary/aromatic N) is 7. The Kier molecular flexibility index (Phi) is 17.4. The molecule has 3 aromatic heterocycles. The van der Waals surface area contributed by atoms with Gasteiger partial charge in [0, 0.05) is 62.3 Å². The van der Waals surface area contributed by atoms with Crippen LogP contribution in [0.25, 0.3) is 201 Å². The zero-order chi connectivity index (χ0) is 73.3. The molecule has 0 fully saturated rings. The van der Waals surface area contributed by atoms with Crippen molar-refractivity contribution in [3.63, 3.8) is 0 Å². The van der Waals surface area contributed by atoms with E-state index < -0.39 is 0 Å². The van der Waals surface area contributed by atoms with E-state index in [1.807, 2.05) is 0 Å². The van der Waals surface area contributed by atoms with Crippen LogP contribution in [0.3, 0.4) is 0 Å². The molecule has 0 aliphatic heterocycles. The SMILES string of the molecule is Cn1c2c(-c3cccc(-c4nc(-c5cc(-c6ccccc6)cc(-c6ccccc6)c5)nc(-c5cc(-c6ccccc6)cc(-c6ccccc6)c5)n4)c3)cccc2c2cccc(-c3cccc(-c4nc(-c5cc(-c6ccccc6)cc(-c6ccccc6)c5)nc(-c5cc(-c6ccccc6)cc(-c6ccccc6)c5)n4)c3)c21. The molecule has 0 aliphatic rings. The average Bonchev–Trinajstić information content (AvgIpc) is 1.58. The first kappa shape index (κ1) is 66.1. The van der Waals surface area contributed by atoms with Gasteiger partial charge >= 0.3 is 0 Å². The third kappa shape index (κ3) is 13.2. The van der Waals surface area contributed by atoms with Crippen LogP contribution < -0.4 is 0 Å². The molecule has 16 aromatic carbocycles. The minimum Gasteiger partial charge on any atom is -0.343 e. The minimum absolute atomic E-state index is 0.559. The topological polar surface area (TPSA) is 82.3 Å². The number of benzene rings is 16.